The summed E-state index contributed by atoms with van der Waals surface area (Å²) in [4.78, 5) is 18.1. The standard InChI is InChI=1S/C23H25N3O2/c1-26-13-17(25-23(27)28-14-15-6-3-2-4-7-15)11-19-18-8-5-9-20-22(18)16(12-24-20)10-21(19)26/h2-9,12,17,19,21,24H,10-11,13-14H2,1H3,(H,25,27)/t17-,19+,21+/m0/s1. The van der Waals surface area contributed by atoms with Crippen molar-refractivity contribution in [2.24, 2.45) is 0 Å². The van der Waals surface area contributed by atoms with E-state index in [1.807, 2.05) is 30.3 Å². The highest BCUT2D eigenvalue weighted by atomic mass is 16.5. The summed E-state index contributed by atoms with van der Waals surface area (Å²) in [6.45, 7) is 1.14. The van der Waals surface area contributed by atoms with Crippen LogP contribution in [-0.2, 0) is 17.8 Å². The van der Waals surface area contributed by atoms with Gasteiger partial charge in [-0.15, -0.1) is 0 Å². The Morgan fingerprint density at radius 1 is 1.21 bits per heavy atom. The molecule has 1 saturated heterocycles. The van der Waals surface area contributed by atoms with E-state index >= 15 is 0 Å². The molecule has 144 valence electrons. The van der Waals surface area contributed by atoms with Crippen LogP contribution in [-0.4, -0.2) is 41.7 Å². The second-order valence-electron chi connectivity index (χ2n) is 8.04. The van der Waals surface area contributed by atoms with E-state index in [1.54, 1.807) is 0 Å². The number of piperidine rings is 1. The molecule has 0 bridgehead atoms. The van der Waals surface area contributed by atoms with E-state index in [0.717, 1.165) is 24.9 Å². The molecule has 3 aromatic rings. The maximum absolute atomic E-state index is 12.3. The summed E-state index contributed by atoms with van der Waals surface area (Å²) >= 11 is 0. The van der Waals surface area contributed by atoms with Gasteiger partial charge in [-0.05, 0) is 42.6 Å². The van der Waals surface area contributed by atoms with Gasteiger partial charge in [-0.1, -0.05) is 42.5 Å². The first-order valence-electron chi connectivity index (χ1n) is 9.95. The number of nitrogens with one attached hydrogen (secondary N) is 2. The Kier molecular flexibility index (Phi) is 4.32. The Labute approximate surface area is 164 Å². The molecule has 2 heterocycles. The summed E-state index contributed by atoms with van der Waals surface area (Å²) in [6, 6.07) is 16.9. The normalized spacial score (nSPS) is 24.0. The summed E-state index contributed by atoms with van der Waals surface area (Å²) in [6.07, 6.45) is 3.82. The summed E-state index contributed by atoms with van der Waals surface area (Å²) in [5.74, 6) is 0.421. The van der Waals surface area contributed by atoms with Crippen LogP contribution in [0.15, 0.2) is 54.7 Å². The zero-order valence-corrected chi connectivity index (χ0v) is 16.0. The van der Waals surface area contributed by atoms with Crippen LogP contribution in [0.4, 0.5) is 4.79 Å². The molecule has 5 nitrogen and oxygen atoms in total. The number of likely N-dealkylation sites (tertiary alicyclic amines) is 1. The molecule has 0 radical (unpaired) electrons. The molecule has 1 aliphatic carbocycles. The minimum Gasteiger partial charge on any atom is -0.445 e. The van der Waals surface area contributed by atoms with Crippen LogP contribution in [0.3, 0.4) is 0 Å². The van der Waals surface area contributed by atoms with Crippen molar-refractivity contribution in [1.82, 2.24) is 15.2 Å². The third kappa shape index (κ3) is 3.06. The van der Waals surface area contributed by atoms with Gasteiger partial charge in [-0.2, -0.15) is 0 Å². The number of nitrogens with zero attached hydrogens (tertiary/aromatic N) is 1. The first kappa shape index (κ1) is 17.3. The number of aromatic nitrogens is 1. The lowest BCUT2D eigenvalue weighted by Gasteiger charge is -2.45. The maximum Gasteiger partial charge on any atom is 0.407 e. The van der Waals surface area contributed by atoms with E-state index in [0.29, 0.717) is 18.6 Å². The summed E-state index contributed by atoms with van der Waals surface area (Å²) in [5.41, 5.74) is 5.02. The van der Waals surface area contributed by atoms with Crippen molar-refractivity contribution in [3.63, 3.8) is 0 Å². The Bertz CT molecular complexity index is 998. The number of alkyl carbamates (subject to hydrolysis) is 1. The van der Waals surface area contributed by atoms with Crippen molar-refractivity contribution < 1.29 is 9.53 Å². The lowest BCUT2D eigenvalue weighted by molar-refractivity contribution is 0.105. The molecule has 0 saturated carbocycles. The molecule has 5 rings (SSSR count). The molecule has 1 fully saturated rings. The number of ether oxygens (including phenoxy) is 1. The van der Waals surface area contributed by atoms with E-state index in [4.69, 9.17) is 4.74 Å². The van der Waals surface area contributed by atoms with Crippen LogP contribution in [0, 0.1) is 0 Å². The van der Waals surface area contributed by atoms with Crippen molar-refractivity contribution in [2.45, 2.75) is 37.5 Å². The number of aromatic amines is 1. The molecule has 28 heavy (non-hydrogen) atoms. The fourth-order valence-corrected chi connectivity index (χ4v) is 4.98. The highest BCUT2D eigenvalue weighted by Crippen LogP contribution is 2.42. The minimum atomic E-state index is -0.336. The van der Waals surface area contributed by atoms with E-state index < -0.39 is 0 Å². The van der Waals surface area contributed by atoms with Crippen LogP contribution >= 0.6 is 0 Å². The fourth-order valence-electron chi connectivity index (χ4n) is 4.98. The molecule has 3 atom stereocenters. The fraction of sp³-hybridized carbons (Fsp3) is 0.348. The molecule has 2 aliphatic rings. The first-order valence-corrected chi connectivity index (χ1v) is 9.95. The molecule has 0 spiro atoms. The van der Waals surface area contributed by atoms with Gasteiger partial charge in [0, 0.05) is 41.6 Å². The van der Waals surface area contributed by atoms with Crippen molar-refractivity contribution in [1.29, 1.82) is 0 Å². The first-order chi connectivity index (χ1) is 13.7. The van der Waals surface area contributed by atoms with Crippen LogP contribution in [0.1, 0.15) is 29.0 Å². The number of likely N-dealkylation sites (N-methyl/N-ethyl adjacent to an activating group) is 1. The summed E-state index contributed by atoms with van der Waals surface area (Å²) in [7, 11) is 2.17. The molecule has 5 heteroatoms. The van der Waals surface area contributed by atoms with Gasteiger partial charge in [0.2, 0.25) is 0 Å². The molecular formula is C23H25N3O2. The summed E-state index contributed by atoms with van der Waals surface area (Å²) < 4.78 is 5.43. The molecule has 2 N–H and O–H groups in total. The van der Waals surface area contributed by atoms with Crippen LogP contribution in [0.2, 0.25) is 0 Å². The third-order valence-electron chi connectivity index (χ3n) is 6.26. The van der Waals surface area contributed by atoms with Crippen LogP contribution in [0.25, 0.3) is 10.9 Å². The van der Waals surface area contributed by atoms with E-state index in [2.05, 4.69) is 46.6 Å². The van der Waals surface area contributed by atoms with Gasteiger partial charge in [-0.3, -0.25) is 0 Å². The Balaban J connectivity index is 1.30. The number of fused-ring (bicyclic) bond motifs is 2. The average Bonchev–Trinajstić information content (AvgIpc) is 3.13. The van der Waals surface area contributed by atoms with Gasteiger partial charge in [0.05, 0.1) is 0 Å². The van der Waals surface area contributed by atoms with Crippen molar-refractivity contribution in [3.05, 3.63) is 71.4 Å². The van der Waals surface area contributed by atoms with E-state index in [-0.39, 0.29) is 12.1 Å². The lowest BCUT2D eigenvalue weighted by atomic mass is 9.74. The van der Waals surface area contributed by atoms with Crippen molar-refractivity contribution in [2.75, 3.05) is 13.6 Å². The third-order valence-corrected chi connectivity index (χ3v) is 6.26. The quantitative estimate of drug-likeness (QED) is 0.732. The number of carbonyl (C=O) groups excluding carboxylic acids is 1. The average molecular weight is 375 g/mol. The van der Waals surface area contributed by atoms with Crippen LogP contribution in [0.5, 0.6) is 0 Å². The smallest absolute Gasteiger partial charge is 0.407 e. The predicted molar refractivity (Wildman–Crippen MR) is 109 cm³/mol. The van der Waals surface area contributed by atoms with Gasteiger partial charge in [0.15, 0.2) is 0 Å². The van der Waals surface area contributed by atoms with Crippen molar-refractivity contribution >= 4 is 17.0 Å². The second kappa shape index (κ2) is 6.99. The minimum absolute atomic E-state index is 0.0882. The monoisotopic (exact) mass is 375 g/mol. The number of hydrogen-bond donors (Lipinski definition) is 2. The number of benzene rings is 2. The highest BCUT2D eigenvalue weighted by molar-refractivity contribution is 5.88. The van der Waals surface area contributed by atoms with Gasteiger partial charge < -0.3 is 19.9 Å². The largest absolute Gasteiger partial charge is 0.445 e. The zero-order valence-electron chi connectivity index (χ0n) is 16.0. The van der Waals surface area contributed by atoms with Crippen LogP contribution < -0.4 is 5.32 Å². The molecule has 0 unspecified atom stereocenters. The molecular weight excluding hydrogens is 350 g/mol. The SMILES string of the molecule is CN1C[C@@H](NC(=O)OCc2ccccc2)C[C@@H]2c3cccc4[nH]cc(c34)C[C@H]21. The number of rotatable bonds is 3. The number of hydrogen-bond acceptors (Lipinski definition) is 3. The Morgan fingerprint density at radius 2 is 2.07 bits per heavy atom. The second-order valence-corrected chi connectivity index (χ2v) is 8.04. The van der Waals surface area contributed by atoms with Gasteiger partial charge in [0.25, 0.3) is 0 Å². The predicted octanol–water partition coefficient (Wildman–Crippen LogP) is 3.81. The molecule has 2 aromatic carbocycles. The van der Waals surface area contributed by atoms with Gasteiger partial charge in [-0.25, -0.2) is 4.79 Å². The number of carbonyl (C=O) groups is 1. The van der Waals surface area contributed by atoms with E-state index in [1.165, 1.54) is 22.0 Å². The Hall–Kier alpha value is -2.79. The van der Waals surface area contributed by atoms with Crippen molar-refractivity contribution in [3.8, 4) is 0 Å². The van der Waals surface area contributed by atoms with Gasteiger partial charge in [0.1, 0.15) is 6.61 Å². The number of amides is 1. The topological polar surface area (TPSA) is 57.4 Å². The maximum atomic E-state index is 12.3. The Morgan fingerprint density at radius 3 is 2.93 bits per heavy atom. The van der Waals surface area contributed by atoms with E-state index in [9.17, 15) is 4.79 Å². The lowest BCUT2D eigenvalue weighted by Crippen LogP contribution is -2.54. The zero-order chi connectivity index (χ0) is 19.1. The number of H-pyrrole nitrogens is 1. The molecule has 1 aromatic heterocycles. The van der Waals surface area contributed by atoms with Gasteiger partial charge >= 0.3 is 6.09 Å². The molecule has 1 aliphatic heterocycles. The molecule has 1 amide bonds. The highest BCUT2D eigenvalue weighted by Gasteiger charge is 2.39. The summed E-state index contributed by atoms with van der Waals surface area (Å²) in [5, 5.41) is 4.47.